The molecule has 0 bridgehead atoms. The number of rotatable bonds is 2. The summed E-state index contributed by atoms with van der Waals surface area (Å²) in [6.45, 7) is 3.61. The highest BCUT2D eigenvalue weighted by Gasteiger charge is 2.10. The highest BCUT2D eigenvalue weighted by molar-refractivity contribution is 9.10. The van der Waals surface area contributed by atoms with Crippen LogP contribution < -0.4 is 0 Å². The Morgan fingerprint density at radius 3 is 2.64 bits per heavy atom. The molecule has 14 heavy (non-hydrogen) atoms. The van der Waals surface area contributed by atoms with Crippen LogP contribution >= 0.6 is 27.5 Å². The van der Waals surface area contributed by atoms with Crippen molar-refractivity contribution in [3.05, 3.63) is 33.3 Å². The Labute approximate surface area is 96.3 Å². The Morgan fingerprint density at radius 2 is 2.14 bits per heavy atom. The largest absolute Gasteiger partial charge is 0.459 e. The van der Waals surface area contributed by atoms with Crippen molar-refractivity contribution >= 4 is 33.5 Å². The van der Waals surface area contributed by atoms with E-state index in [9.17, 15) is 4.79 Å². The van der Waals surface area contributed by atoms with Gasteiger partial charge in [-0.1, -0.05) is 11.6 Å². The van der Waals surface area contributed by atoms with Gasteiger partial charge in [0.15, 0.2) is 0 Å². The van der Waals surface area contributed by atoms with Gasteiger partial charge in [-0.25, -0.2) is 4.79 Å². The number of hydrogen-bond acceptors (Lipinski definition) is 2. The van der Waals surface area contributed by atoms with E-state index in [0.717, 1.165) is 4.47 Å². The molecule has 0 spiro atoms. The predicted molar refractivity (Wildman–Crippen MR) is 59.7 cm³/mol. The molecule has 76 valence electrons. The zero-order valence-corrected chi connectivity index (χ0v) is 10.2. The molecule has 4 heteroatoms. The third kappa shape index (κ3) is 3.00. The first kappa shape index (κ1) is 11.5. The lowest BCUT2D eigenvalue weighted by atomic mass is 10.2. The number of esters is 1. The van der Waals surface area contributed by atoms with Crippen LogP contribution in [0.3, 0.4) is 0 Å². The SMILES string of the molecule is CC(C)OC(=O)c1ccc(Br)c(Cl)c1. The number of hydrogen-bond donors (Lipinski definition) is 0. The van der Waals surface area contributed by atoms with E-state index in [4.69, 9.17) is 16.3 Å². The molecule has 0 aromatic heterocycles. The summed E-state index contributed by atoms with van der Waals surface area (Å²) < 4.78 is 5.78. The van der Waals surface area contributed by atoms with Crippen LogP contribution in [0.25, 0.3) is 0 Å². The summed E-state index contributed by atoms with van der Waals surface area (Å²) in [5.41, 5.74) is 0.465. The molecular weight excluding hydrogens is 267 g/mol. The summed E-state index contributed by atoms with van der Waals surface area (Å²) in [6.07, 6.45) is -0.120. The molecule has 1 rings (SSSR count). The number of carbonyl (C=O) groups is 1. The van der Waals surface area contributed by atoms with Crippen LogP contribution in [-0.2, 0) is 4.74 Å². The fraction of sp³-hybridized carbons (Fsp3) is 0.300. The van der Waals surface area contributed by atoms with Crippen LogP contribution in [0.4, 0.5) is 0 Å². The minimum atomic E-state index is -0.352. The maximum Gasteiger partial charge on any atom is 0.338 e. The van der Waals surface area contributed by atoms with Gasteiger partial charge in [-0.05, 0) is 48.0 Å². The lowest BCUT2D eigenvalue weighted by Gasteiger charge is -2.08. The van der Waals surface area contributed by atoms with Gasteiger partial charge in [0.1, 0.15) is 0 Å². The summed E-state index contributed by atoms with van der Waals surface area (Å²) in [4.78, 5) is 11.4. The van der Waals surface area contributed by atoms with Gasteiger partial charge in [0, 0.05) is 4.47 Å². The van der Waals surface area contributed by atoms with Gasteiger partial charge in [0.25, 0.3) is 0 Å². The second-order valence-corrected chi connectivity index (χ2v) is 4.34. The lowest BCUT2D eigenvalue weighted by Crippen LogP contribution is -2.11. The van der Waals surface area contributed by atoms with E-state index >= 15 is 0 Å². The van der Waals surface area contributed by atoms with Gasteiger partial charge in [0.05, 0.1) is 16.7 Å². The zero-order valence-electron chi connectivity index (χ0n) is 7.88. The third-order valence-electron chi connectivity index (χ3n) is 1.50. The maximum absolute atomic E-state index is 11.4. The molecule has 0 saturated heterocycles. The number of carbonyl (C=O) groups excluding carboxylic acids is 1. The second-order valence-electron chi connectivity index (χ2n) is 3.08. The number of halogens is 2. The van der Waals surface area contributed by atoms with Gasteiger partial charge in [-0.2, -0.15) is 0 Å². The first-order chi connectivity index (χ1) is 6.50. The van der Waals surface area contributed by atoms with Crippen molar-refractivity contribution in [2.24, 2.45) is 0 Å². The molecule has 1 aromatic rings. The maximum atomic E-state index is 11.4. The van der Waals surface area contributed by atoms with E-state index < -0.39 is 0 Å². The number of ether oxygens (including phenoxy) is 1. The van der Waals surface area contributed by atoms with Crippen molar-refractivity contribution in [1.82, 2.24) is 0 Å². The molecule has 1 aromatic carbocycles. The monoisotopic (exact) mass is 276 g/mol. The minimum Gasteiger partial charge on any atom is -0.459 e. The smallest absolute Gasteiger partial charge is 0.338 e. The Hall–Kier alpha value is -0.540. The van der Waals surface area contributed by atoms with E-state index in [1.807, 2.05) is 0 Å². The van der Waals surface area contributed by atoms with Gasteiger partial charge >= 0.3 is 5.97 Å². The van der Waals surface area contributed by atoms with Crippen LogP contribution in [0.1, 0.15) is 24.2 Å². The Morgan fingerprint density at radius 1 is 1.50 bits per heavy atom. The summed E-state index contributed by atoms with van der Waals surface area (Å²) >= 11 is 9.09. The fourth-order valence-corrected chi connectivity index (χ4v) is 1.33. The predicted octanol–water partition coefficient (Wildman–Crippen LogP) is 3.67. The third-order valence-corrected chi connectivity index (χ3v) is 2.73. The number of benzene rings is 1. The summed E-state index contributed by atoms with van der Waals surface area (Å²) in [6, 6.07) is 4.97. The zero-order chi connectivity index (χ0) is 10.7. The Bertz CT molecular complexity index is 350. The molecule has 0 N–H and O–H groups in total. The van der Waals surface area contributed by atoms with E-state index in [0.29, 0.717) is 10.6 Å². The van der Waals surface area contributed by atoms with Gasteiger partial charge in [-0.3, -0.25) is 0 Å². The first-order valence-corrected chi connectivity index (χ1v) is 5.34. The fourth-order valence-electron chi connectivity index (χ4n) is 0.905. The lowest BCUT2D eigenvalue weighted by molar-refractivity contribution is 0.0378. The molecular formula is C10H10BrClO2. The quantitative estimate of drug-likeness (QED) is 0.771. The van der Waals surface area contributed by atoms with Gasteiger partial charge in [-0.15, -0.1) is 0 Å². The highest BCUT2D eigenvalue weighted by atomic mass is 79.9. The Balaban J connectivity index is 2.86. The molecule has 0 aliphatic carbocycles. The average Bonchev–Trinajstić information content (AvgIpc) is 2.08. The van der Waals surface area contributed by atoms with E-state index in [1.165, 1.54) is 0 Å². The van der Waals surface area contributed by atoms with Crippen molar-refractivity contribution in [3.8, 4) is 0 Å². The van der Waals surface area contributed by atoms with Gasteiger partial charge in [0.2, 0.25) is 0 Å². The van der Waals surface area contributed by atoms with Crippen molar-refractivity contribution in [1.29, 1.82) is 0 Å². The molecule has 0 heterocycles. The molecule has 0 fully saturated rings. The second kappa shape index (κ2) is 4.80. The van der Waals surface area contributed by atoms with Crippen molar-refractivity contribution < 1.29 is 9.53 Å². The molecule has 0 saturated carbocycles. The van der Waals surface area contributed by atoms with Crippen molar-refractivity contribution in [3.63, 3.8) is 0 Å². The summed E-state index contributed by atoms with van der Waals surface area (Å²) in [5, 5.41) is 0.503. The van der Waals surface area contributed by atoms with Crippen molar-refractivity contribution in [2.75, 3.05) is 0 Å². The summed E-state index contributed by atoms with van der Waals surface area (Å²) in [7, 11) is 0. The van der Waals surface area contributed by atoms with Gasteiger partial charge < -0.3 is 4.74 Å². The summed E-state index contributed by atoms with van der Waals surface area (Å²) in [5.74, 6) is -0.352. The van der Waals surface area contributed by atoms with Crippen LogP contribution in [0.15, 0.2) is 22.7 Å². The Kier molecular flexibility index (Phi) is 3.96. The topological polar surface area (TPSA) is 26.3 Å². The highest BCUT2D eigenvalue weighted by Crippen LogP contribution is 2.23. The van der Waals surface area contributed by atoms with E-state index in [2.05, 4.69) is 15.9 Å². The van der Waals surface area contributed by atoms with E-state index in [-0.39, 0.29) is 12.1 Å². The van der Waals surface area contributed by atoms with Crippen LogP contribution in [0, 0.1) is 0 Å². The molecule has 0 aliphatic heterocycles. The average molecular weight is 278 g/mol. The molecule has 2 nitrogen and oxygen atoms in total. The normalized spacial score (nSPS) is 10.4. The van der Waals surface area contributed by atoms with E-state index in [1.54, 1.807) is 32.0 Å². The molecule has 0 amide bonds. The molecule has 0 aliphatic rings. The van der Waals surface area contributed by atoms with Crippen LogP contribution in [-0.4, -0.2) is 12.1 Å². The van der Waals surface area contributed by atoms with Crippen molar-refractivity contribution in [2.45, 2.75) is 20.0 Å². The molecule has 0 radical (unpaired) electrons. The van der Waals surface area contributed by atoms with Crippen LogP contribution in [0.5, 0.6) is 0 Å². The molecule has 0 unspecified atom stereocenters. The van der Waals surface area contributed by atoms with Crippen LogP contribution in [0.2, 0.25) is 5.02 Å². The minimum absolute atomic E-state index is 0.120. The standard InChI is InChI=1S/C10H10BrClO2/c1-6(2)14-10(13)7-3-4-8(11)9(12)5-7/h3-6H,1-2H3. The first-order valence-electron chi connectivity index (χ1n) is 4.16. The molecule has 0 atom stereocenters.